The minimum Gasteiger partial charge on any atom is -0.316 e. The smallest absolute Gasteiger partial charge is 0.0624 e. The van der Waals surface area contributed by atoms with Gasteiger partial charge in [-0.1, -0.05) is 13.8 Å². The van der Waals surface area contributed by atoms with Crippen LogP contribution in [-0.2, 0) is 19.9 Å². The Balaban J connectivity index is 2.58. The van der Waals surface area contributed by atoms with Crippen molar-refractivity contribution < 1.29 is 0 Å². The van der Waals surface area contributed by atoms with Crippen LogP contribution in [0.15, 0.2) is 6.07 Å². The summed E-state index contributed by atoms with van der Waals surface area (Å²) in [6.45, 7) is 4.35. The van der Waals surface area contributed by atoms with Crippen LogP contribution < -0.4 is 5.32 Å². The number of thioether (sulfide) groups is 1. The molecule has 0 radical (unpaired) electrons. The highest BCUT2D eigenvalue weighted by molar-refractivity contribution is 7.99. The van der Waals surface area contributed by atoms with Gasteiger partial charge in [0.2, 0.25) is 0 Å². The number of rotatable bonds is 7. The average Bonchev–Trinajstić information content (AvgIpc) is 2.65. The van der Waals surface area contributed by atoms with Crippen LogP contribution >= 0.6 is 11.8 Å². The van der Waals surface area contributed by atoms with Crippen molar-refractivity contribution in [3.63, 3.8) is 0 Å². The van der Waals surface area contributed by atoms with E-state index in [-0.39, 0.29) is 0 Å². The molecule has 0 aliphatic heterocycles. The Labute approximate surface area is 103 Å². The fourth-order valence-corrected chi connectivity index (χ4v) is 2.50. The van der Waals surface area contributed by atoms with E-state index >= 15 is 0 Å². The molecule has 1 atom stereocenters. The topological polar surface area (TPSA) is 29.9 Å². The summed E-state index contributed by atoms with van der Waals surface area (Å²) in [6, 6.07) is 2.77. The lowest BCUT2D eigenvalue weighted by Gasteiger charge is -2.15. The largest absolute Gasteiger partial charge is 0.316 e. The van der Waals surface area contributed by atoms with Crippen LogP contribution in [0.2, 0.25) is 0 Å². The summed E-state index contributed by atoms with van der Waals surface area (Å²) in [6.07, 6.45) is 2.08. The Morgan fingerprint density at radius 3 is 2.75 bits per heavy atom. The van der Waals surface area contributed by atoms with Crippen LogP contribution in [0, 0.1) is 0 Å². The van der Waals surface area contributed by atoms with Gasteiger partial charge in [0, 0.05) is 31.0 Å². The summed E-state index contributed by atoms with van der Waals surface area (Å²) in [5.41, 5.74) is 2.52. The second-order valence-electron chi connectivity index (χ2n) is 3.95. The van der Waals surface area contributed by atoms with Gasteiger partial charge in [0.15, 0.2) is 0 Å². The van der Waals surface area contributed by atoms with Crippen molar-refractivity contribution in [3.05, 3.63) is 17.5 Å². The standard InChI is InChI=1S/C12H23N3S/c1-5-10-7-12(15(4)14-10)8-11(13-3)9-16-6-2/h7,11,13H,5-6,8-9H2,1-4H3. The minimum atomic E-state index is 0.546. The molecule has 1 aromatic rings. The first-order chi connectivity index (χ1) is 7.71. The zero-order chi connectivity index (χ0) is 12.0. The van der Waals surface area contributed by atoms with Gasteiger partial charge >= 0.3 is 0 Å². The highest BCUT2D eigenvalue weighted by Crippen LogP contribution is 2.10. The fourth-order valence-electron chi connectivity index (χ4n) is 1.69. The van der Waals surface area contributed by atoms with Gasteiger partial charge in [0.05, 0.1) is 5.69 Å². The summed E-state index contributed by atoms with van der Waals surface area (Å²) < 4.78 is 2.01. The van der Waals surface area contributed by atoms with E-state index in [1.54, 1.807) is 0 Å². The zero-order valence-electron chi connectivity index (χ0n) is 10.8. The lowest BCUT2D eigenvalue weighted by Crippen LogP contribution is -2.30. The molecule has 1 unspecified atom stereocenters. The molecule has 1 N–H and O–H groups in total. The maximum atomic E-state index is 4.48. The highest BCUT2D eigenvalue weighted by Gasteiger charge is 2.11. The lowest BCUT2D eigenvalue weighted by atomic mass is 10.1. The first-order valence-electron chi connectivity index (χ1n) is 5.98. The number of aromatic nitrogens is 2. The second kappa shape index (κ2) is 6.97. The fraction of sp³-hybridized carbons (Fsp3) is 0.750. The second-order valence-corrected chi connectivity index (χ2v) is 5.27. The molecule has 0 saturated heterocycles. The molecule has 0 saturated carbocycles. The van der Waals surface area contributed by atoms with Crippen LogP contribution in [0.3, 0.4) is 0 Å². The van der Waals surface area contributed by atoms with E-state index in [1.807, 2.05) is 30.5 Å². The average molecular weight is 241 g/mol. The molecular formula is C12H23N3S. The van der Waals surface area contributed by atoms with Crippen molar-refractivity contribution in [1.29, 1.82) is 0 Å². The van der Waals surface area contributed by atoms with Gasteiger partial charge in [0.1, 0.15) is 0 Å². The zero-order valence-corrected chi connectivity index (χ0v) is 11.6. The first kappa shape index (κ1) is 13.6. The van der Waals surface area contributed by atoms with Gasteiger partial charge in [-0.15, -0.1) is 0 Å². The molecule has 92 valence electrons. The molecule has 0 aromatic carbocycles. The van der Waals surface area contributed by atoms with Crippen LogP contribution in [0.1, 0.15) is 25.2 Å². The molecule has 0 fully saturated rings. The van der Waals surface area contributed by atoms with Crippen molar-refractivity contribution in [2.24, 2.45) is 7.05 Å². The molecule has 0 aliphatic carbocycles. The Bertz CT molecular complexity index is 309. The molecule has 16 heavy (non-hydrogen) atoms. The van der Waals surface area contributed by atoms with Crippen molar-refractivity contribution in [2.45, 2.75) is 32.7 Å². The summed E-state index contributed by atoms with van der Waals surface area (Å²) in [4.78, 5) is 0. The van der Waals surface area contributed by atoms with Gasteiger partial charge in [0.25, 0.3) is 0 Å². The monoisotopic (exact) mass is 241 g/mol. The predicted octanol–water partition coefficient (Wildman–Crippen LogP) is 1.87. The van der Waals surface area contributed by atoms with Gasteiger partial charge < -0.3 is 5.32 Å². The van der Waals surface area contributed by atoms with E-state index in [9.17, 15) is 0 Å². The maximum absolute atomic E-state index is 4.48. The van der Waals surface area contributed by atoms with E-state index in [0.29, 0.717) is 6.04 Å². The van der Waals surface area contributed by atoms with Crippen LogP contribution in [-0.4, -0.2) is 34.4 Å². The quantitative estimate of drug-likeness (QED) is 0.790. The molecular weight excluding hydrogens is 218 g/mol. The maximum Gasteiger partial charge on any atom is 0.0624 e. The number of nitrogens with one attached hydrogen (secondary N) is 1. The molecule has 4 heteroatoms. The summed E-state index contributed by atoms with van der Waals surface area (Å²) >= 11 is 1.99. The van der Waals surface area contributed by atoms with Crippen LogP contribution in [0.4, 0.5) is 0 Å². The third-order valence-electron chi connectivity index (χ3n) is 2.78. The van der Waals surface area contributed by atoms with E-state index in [0.717, 1.165) is 12.8 Å². The summed E-state index contributed by atoms with van der Waals surface area (Å²) in [5, 5.41) is 7.86. The van der Waals surface area contributed by atoms with E-state index in [2.05, 4.69) is 30.3 Å². The molecule has 1 aromatic heterocycles. The molecule has 0 bridgehead atoms. The highest BCUT2D eigenvalue weighted by atomic mass is 32.2. The number of likely N-dealkylation sites (N-methyl/N-ethyl adjacent to an activating group) is 1. The van der Waals surface area contributed by atoms with E-state index in [4.69, 9.17) is 0 Å². The van der Waals surface area contributed by atoms with Crippen LogP contribution in [0.5, 0.6) is 0 Å². The van der Waals surface area contributed by atoms with Crippen LogP contribution in [0.25, 0.3) is 0 Å². The van der Waals surface area contributed by atoms with Gasteiger partial charge in [-0.25, -0.2) is 0 Å². The number of nitrogens with zero attached hydrogens (tertiary/aromatic N) is 2. The minimum absolute atomic E-state index is 0.546. The Kier molecular flexibility index (Phi) is 5.91. The molecule has 3 nitrogen and oxygen atoms in total. The molecule has 1 heterocycles. The SMILES string of the molecule is CCSCC(Cc1cc(CC)nn1C)NC. The van der Waals surface area contributed by atoms with Gasteiger partial charge in [-0.3, -0.25) is 4.68 Å². The number of aryl methyl sites for hydroxylation is 2. The Morgan fingerprint density at radius 2 is 2.25 bits per heavy atom. The van der Waals surface area contributed by atoms with Gasteiger partial charge in [-0.05, 0) is 25.3 Å². The first-order valence-corrected chi connectivity index (χ1v) is 7.13. The third kappa shape index (κ3) is 3.83. The summed E-state index contributed by atoms with van der Waals surface area (Å²) in [5.74, 6) is 2.35. The van der Waals surface area contributed by atoms with E-state index < -0.39 is 0 Å². The van der Waals surface area contributed by atoms with Crippen molar-refractivity contribution in [3.8, 4) is 0 Å². The number of hydrogen-bond donors (Lipinski definition) is 1. The molecule has 0 amide bonds. The number of hydrogen-bond acceptors (Lipinski definition) is 3. The predicted molar refractivity (Wildman–Crippen MR) is 72.1 cm³/mol. The van der Waals surface area contributed by atoms with Crippen molar-refractivity contribution >= 4 is 11.8 Å². The van der Waals surface area contributed by atoms with Gasteiger partial charge in [-0.2, -0.15) is 16.9 Å². The Morgan fingerprint density at radius 1 is 1.50 bits per heavy atom. The molecule has 0 aliphatic rings. The normalized spacial score (nSPS) is 13.0. The van der Waals surface area contributed by atoms with Crippen molar-refractivity contribution in [1.82, 2.24) is 15.1 Å². The van der Waals surface area contributed by atoms with Crippen molar-refractivity contribution in [2.75, 3.05) is 18.6 Å². The summed E-state index contributed by atoms with van der Waals surface area (Å²) in [7, 11) is 4.08. The Hall–Kier alpha value is -0.480. The molecule has 0 spiro atoms. The van der Waals surface area contributed by atoms with E-state index in [1.165, 1.54) is 22.9 Å². The third-order valence-corrected chi connectivity index (χ3v) is 3.82. The molecule has 1 rings (SSSR count). The lowest BCUT2D eigenvalue weighted by molar-refractivity contribution is 0.581.